The van der Waals surface area contributed by atoms with Crippen molar-refractivity contribution in [3.8, 4) is 0 Å². The smallest absolute Gasteiger partial charge is 0.364 e. The number of aliphatic hydroxyl groups is 17. The van der Waals surface area contributed by atoms with Gasteiger partial charge in [0.2, 0.25) is 23.6 Å². The molecule has 4 amide bonds. The molecule has 38 heteroatoms. The SMILES string of the molecule is CC(=O)N[C@H]1[C@H]([C@H](O)[C@H](O)CO)OC(O[C@H]2[C@@H](OC3O[C@H](CO)[C@H](O)[C@H](O)[C@H]3NC(C)=O)[C@@H](CO)OC(O[C@H]3[C@H](O)[C@@H](NC(C)=O)C(OC[C@H]4OC(O)[C@H](NC(C)=O)[C@@H](OC5O[C@H](CO)[C@H](O)[C@H](O)[C@H]5O)[C@H]4O)O[C@@H]3CO)[C@@H]2O)(C(=O)O)C[C@@H]1O. The zero-order valence-electron chi connectivity index (χ0n) is 45.9. The van der Waals surface area contributed by atoms with Crippen molar-refractivity contribution < 1.29 is 168 Å². The number of hydrogen-bond acceptors (Lipinski definition) is 33. The first-order valence-corrected chi connectivity index (χ1v) is 26.7. The normalized spacial score (nSPS) is 45.0. The topological polar surface area (TPSA) is 599 Å². The summed E-state index contributed by atoms with van der Waals surface area (Å²) in [4.78, 5) is 63.2. The molecule has 6 aliphatic rings. The van der Waals surface area contributed by atoms with Crippen molar-refractivity contribution in [3.63, 3.8) is 0 Å². The molecule has 490 valence electrons. The van der Waals surface area contributed by atoms with Gasteiger partial charge in [0.05, 0.1) is 51.8 Å². The Morgan fingerprint density at radius 2 is 0.941 bits per heavy atom. The lowest BCUT2D eigenvalue weighted by molar-refractivity contribution is -0.399. The highest BCUT2D eigenvalue weighted by molar-refractivity contribution is 5.77. The third-order valence-electron chi connectivity index (χ3n) is 15.0. The predicted octanol–water partition coefficient (Wildman–Crippen LogP) is -14.3. The van der Waals surface area contributed by atoms with E-state index in [0.29, 0.717) is 0 Å². The van der Waals surface area contributed by atoms with E-state index < -0.39 is 265 Å². The van der Waals surface area contributed by atoms with E-state index in [4.69, 9.17) is 52.1 Å². The second kappa shape index (κ2) is 30.2. The number of ether oxygens (including phenoxy) is 11. The van der Waals surface area contributed by atoms with E-state index in [1.54, 1.807) is 0 Å². The summed E-state index contributed by atoms with van der Waals surface area (Å²) in [7, 11) is 0. The molecule has 0 aliphatic carbocycles. The summed E-state index contributed by atoms with van der Waals surface area (Å²) in [5.74, 6) is -8.95. The highest BCUT2D eigenvalue weighted by Gasteiger charge is 2.62. The van der Waals surface area contributed by atoms with Gasteiger partial charge in [-0.3, -0.25) is 19.2 Å². The minimum absolute atomic E-state index is 0.795. The number of hydrogen-bond donors (Lipinski definition) is 22. The molecule has 6 aliphatic heterocycles. The number of carboxylic acids is 1. The molecule has 0 aromatic heterocycles. The molecule has 38 nitrogen and oxygen atoms in total. The zero-order valence-corrected chi connectivity index (χ0v) is 45.9. The Kier molecular flexibility index (Phi) is 24.9. The van der Waals surface area contributed by atoms with Crippen molar-refractivity contribution in [3.05, 3.63) is 0 Å². The second-order valence-electron chi connectivity index (χ2n) is 21.2. The summed E-state index contributed by atoms with van der Waals surface area (Å²) in [6.07, 6.45) is -54.1. The number of aliphatic hydroxyl groups excluding tert-OH is 17. The van der Waals surface area contributed by atoms with Crippen LogP contribution in [-0.4, -0.2) is 351 Å². The standard InChI is InChI=1S/C47H78N4O34/c1-12(57)48-23-16(61)5-47(46(73)74,84-39(23)27(63)17(62)6-52)85-40-35(71)45(80-21(10-56)37(40)82-43-24(49-13(2)58)31(67)28(64)18(7-53)77-43)81-36-20(9-55)79-42(25(32(36)68)50-14(3)59)75-11-22-30(66)38(26(41(72)76-22)51-15(4)60)83-44-34(70)33(69)29(65)19(8-54)78-44/h16-45,52-56,61-72H,5-11H2,1-4H3,(H,48,57)(H,49,58)(H,50,59)(H,51,60)(H,73,74)/t16-,17+,18+,19+,20+,21+,22+,23+,24+,25+,26+,27+,28-,29-,30-,31+,32+,33-,34+,35+,36+,37-,38+,39+,40+,41?,42?,43?,44?,45?,47?/m0/s1. The molecular formula is C47H78N4O34. The molecule has 0 aromatic rings. The Morgan fingerprint density at radius 1 is 0.482 bits per heavy atom. The third kappa shape index (κ3) is 15.8. The van der Waals surface area contributed by atoms with E-state index in [-0.39, 0.29) is 0 Å². The molecule has 6 saturated heterocycles. The fourth-order valence-electron chi connectivity index (χ4n) is 10.7. The fraction of sp³-hybridized carbons (Fsp3) is 0.894. The van der Waals surface area contributed by atoms with E-state index in [9.17, 15) is 116 Å². The molecule has 0 saturated carbocycles. The number of nitrogens with one attached hydrogen (secondary N) is 4. The van der Waals surface area contributed by atoms with Crippen molar-refractivity contribution in [2.75, 3.05) is 39.6 Å². The quantitative estimate of drug-likeness (QED) is 0.0452. The van der Waals surface area contributed by atoms with Gasteiger partial charge >= 0.3 is 5.97 Å². The van der Waals surface area contributed by atoms with Gasteiger partial charge in [-0.1, -0.05) is 0 Å². The van der Waals surface area contributed by atoms with Crippen LogP contribution in [0.25, 0.3) is 0 Å². The number of carbonyl (C=O) groups is 5. The Bertz CT molecular complexity index is 2210. The lowest BCUT2D eigenvalue weighted by Gasteiger charge is -2.52. The highest BCUT2D eigenvalue weighted by Crippen LogP contribution is 2.41. The molecule has 31 atom stereocenters. The largest absolute Gasteiger partial charge is 0.477 e. The molecule has 0 aromatic carbocycles. The van der Waals surface area contributed by atoms with E-state index in [2.05, 4.69) is 21.3 Å². The fourth-order valence-corrected chi connectivity index (χ4v) is 10.7. The van der Waals surface area contributed by atoms with Gasteiger partial charge in [0.1, 0.15) is 140 Å². The number of rotatable bonds is 23. The van der Waals surface area contributed by atoms with E-state index >= 15 is 0 Å². The monoisotopic (exact) mass is 1240 g/mol. The Morgan fingerprint density at radius 3 is 1.48 bits per heavy atom. The number of carboxylic acid groups (broad SMARTS) is 1. The average molecular weight is 1240 g/mol. The zero-order chi connectivity index (χ0) is 63.3. The van der Waals surface area contributed by atoms with Gasteiger partial charge in [0.25, 0.3) is 5.79 Å². The molecule has 85 heavy (non-hydrogen) atoms. The summed E-state index contributed by atoms with van der Waals surface area (Å²) in [5, 5.41) is 205. The van der Waals surface area contributed by atoms with E-state index in [0.717, 1.165) is 27.7 Å². The van der Waals surface area contributed by atoms with Crippen molar-refractivity contribution in [2.45, 2.75) is 224 Å². The van der Waals surface area contributed by atoms with Crippen LogP contribution in [-0.2, 0) is 76.1 Å². The summed E-state index contributed by atoms with van der Waals surface area (Å²) in [6, 6.07) is -7.02. The third-order valence-corrected chi connectivity index (χ3v) is 15.0. The number of carbonyl (C=O) groups excluding carboxylic acids is 4. The van der Waals surface area contributed by atoms with Crippen molar-refractivity contribution in [1.29, 1.82) is 0 Å². The van der Waals surface area contributed by atoms with Crippen LogP contribution in [0.5, 0.6) is 0 Å². The van der Waals surface area contributed by atoms with E-state index in [1.165, 1.54) is 0 Å². The van der Waals surface area contributed by atoms with Gasteiger partial charge < -0.3 is 165 Å². The second-order valence-corrected chi connectivity index (χ2v) is 21.2. The van der Waals surface area contributed by atoms with Crippen LogP contribution in [0.15, 0.2) is 0 Å². The summed E-state index contributed by atoms with van der Waals surface area (Å²) in [6.45, 7) is -2.45. The Labute approximate surface area is 481 Å². The van der Waals surface area contributed by atoms with Crippen LogP contribution >= 0.6 is 0 Å². The van der Waals surface area contributed by atoms with Crippen molar-refractivity contribution in [1.82, 2.24) is 21.3 Å². The molecule has 6 fully saturated rings. The maximum absolute atomic E-state index is 13.5. The first kappa shape index (κ1) is 70.3. The van der Waals surface area contributed by atoms with Gasteiger partial charge in [-0.25, -0.2) is 4.79 Å². The highest BCUT2D eigenvalue weighted by atomic mass is 16.8. The first-order valence-electron chi connectivity index (χ1n) is 26.7. The molecule has 6 heterocycles. The first-order chi connectivity index (χ1) is 40.0. The minimum Gasteiger partial charge on any atom is -0.477 e. The molecule has 6 rings (SSSR count). The summed E-state index contributed by atoms with van der Waals surface area (Å²) >= 11 is 0. The molecule has 22 N–H and O–H groups in total. The molecular weight excluding hydrogens is 1160 g/mol. The van der Waals surface area contributed by atoms with Gasteiger partial charge in [0, 0.05) is 34.1 Å². The van der Waals surface area contributed by atoms with Crippen LogP contribution < -0.4 is 21.3 Å². The predicted molar refractivity (Wildman–Crippen MR) is 263 cm³/mol. The van der Waals surface area contributed by atoms with Gasteiger partial charge in [0.15, 0.2) is 31.5 Å². The van der Waals surface area contributed by atoms with Crippen LogP contribution in [0.1, 0.15) is 34.1 Å². The van der Waals surface area contributed by atoms with Crippen LogP contribution in [0.4, 0.5) is 0 Å². The van der Waals surface area contributed by atoms with Gasteiger partial charge in [-0.05, 0) is 0 Å². The van der Waals surface area contributed by atoms with Crippen LogP contribution in [0, 0.1) is 0 Å². The van der Waals surface area contributed by atoms with Crippen LogP contribution in [0.2, 0.25) is 0 Å². The summed E-state index contributed by atoms with van der Waals surface area (Å²) in [5.41, 5.74) is 0. The molecule has 0 radical (unpaired) electrons. The lowest BCUT2D eigenvalue weighted by Crippen LogP contribution is -2.72. The van der Waals surface area contributed by atoms with E-state index in [1.807, 2.05) is 0 Å². The maximum atomic E-state index is 13.5. The summed E-state index contributed by atoms with van der Waals surface area (Å²) < 4.78 is 64.1. The van der Waals surface area contributed by atoms with Crippen molar-refractivity contribution >= 4 is 29.6 Å². The lowest BCUT2D eigenvalue weighted by atomic mass is 9.88. The van der Waals surface area contributed by atoms with Crippen LogP contribution in [0.3, 0.4) is 0 Å². The maximum Gasteiger partial charge on any atom is 0.364 e. The van der Waals surface area contributed by atoms with Crippen molar-refractivity contribution in [2.24, 2.45) is 0 Å². The van der Waals surface area contributed by atoms with Gasteiger partial charge in [-0.2, -0.15) is 0 Å². The molecule has 0 bridgehead atoms. The number of aliphatic carboxylic acids is 1. The minimum atomic E-state index is -3.36. The average Bonchev–Trinajstić information content (AvgIpc) is 1.51. The Hall–Kier alpha value is -3.77. The molecule has 6 unspecified atom stereocenters. The Balaban J connectivity index is 1.33. The molecule has 0 spiro atoms. The van der Waals surface area contributed by atoms with Gasteiger partial charge in [-0.15, -0.1) is 0 Å². The number of amides is 4.